The van der Waals surface area contributed by atoms with E-state index in [0.29, 0.717) is 24.6 Å². The Morgan fingerprint density at radius 1 is 1.16 bits per heavy atom. The lowest BCUT2D eigenvalue weighted by Crippen LogP contribution is -2.36. The summed E-state index contributed by atoms with van der Waals surface area (Å²) in [6.45, 7) is 4.89. The fourth-order valence-electron chi connectivity index (χ4n) is 3.31. The molecule has 8 heteroatoms. The number of esters is 1. The minimum atomic E-state index is -0.874. The number of morpholine rings is 1. The van der Waals surface area contributed by atoms with E-state index >= 15 is 0 Å². The number of rotatable bonds is 7. The van der Waals surface area contributed by atoms with E-state index in [1.54, 1.807) is 18.3 Å². The third kappa shape index (κ3) is 5.33. The van der Waals surface area contributed by atoms with Crippen LogP contribution in [-0.4, -0.2) is 44.3 Å². The van der Waals surface area contributed by atoms with Crippen molar-refractivity contribution in [3.05, 3.63) is 63.7 Å². The molecule has 3 heterocycles. The van der Waals surface area contributed by atoms with Gasteiger partial charge in [-0.3, -0.25) is 4.79 Å². The van der Waals surface area contributed by atoms with Crippen LogP contribution in [0.5, 0.6) is 0 Å². The Labute approximate surface area is 189 Å². The number of thiophene rings is 2. The molecule has 1 aliphatic rings. The van der Waals surface area contributed by atoms with E-state index in [0.717, 1.165) is 34.1 Å². The maximum absolute atomic E-state index is 12.8. The van der Waals surface area contributed by atoms with Gasteiger partial charge in [0.05, 0.1) is 24.8 Å². The standard InChI is InChI=1S/C23H24N2O4S2/c1-16(21(26)24-15-18-8-5-13-30-18)29-23(27)20-14-19(17-6-3-2-4-7-17)22(31-20)25-9-11-28-12-10-25/h2-8,13-14,16H,9-12,15H2,1H3,(H,24,26). The SMILES string of the molecule is CC(OC(=O)c1cc(-c2ccccc2)c(N2CCOCC2)s1)C(=O)NCc1cccs1. The van der Waals surface area contributed by atoms with Crippen molar-refractivity contribution in [2.45, 2.75) is 19.6 Å². The molecule has 162 valence electrons. The topological polar surface area (TPSA) is 67.9 Å². The molecule has 6 nitrogen and oxygen atoms in total. The lowest BCUT2D eigenvalue weighted by Gasteiger charge is -2.28. The van der Waals surface area contributed by atoms with Crippen LogP contribution in [0.25, 0.3) is 11.1 Å². The van der Waals surface area contributed by atoms with Crippen LogP contribution in [0.4, 0.5) is 5.00 Å². The Kier molecular flexibility index (Phi) is 7.01. The number of carbonyl (C=O) groups is 2. The zero-order valence-corrected chi connectivity index (χ0v) is 18.8. The van der Waals surface area contributed by atoms with E-state index in [1.807, 2.05) is 53.9 Å². The number of nitrogens with one attached hydrogen (secondary N) is 1. The summed E-state index contributed by atoms with van der Waals surface area (Å²) in [4.78, 5) is 29.0. The van der Waals surface area contributed by atoms with Gasteiger partial charge < -0.3 is 19.7 Å². The zero-order chi connectivity index (χ0) is 21.6. The molecule has 0 bridgehead atoms. The number of benzene rings is 1. The first kappa shape index (κ1) is 21.5. The van der Waals surface area contributed by atoms with Crippen LogP contribution in [-0.2, 0) is 20.8 Å². The van der Waals surface area contributed by atoms with Crippen LogP contribution in [0, 0.1) is 0 Å². The van der Waals surface area contributed by atoms with Gasteiger partial charge in [-0.2, -0.15) is 0 Å². The first-order chi connectivity index (χ1) is 15.1. The summed E-state index contributed by atoms with van der Waals surface area (Å²) in [6, 6.07) is 15.7. The van der Waals surface area contributed by atoms with E-state index in [4.69, 9.17) is 9.47 Å². The predicted octanol–water partition coefficient (Wildman–Crippen LogP) is 4.17. The second kappa shape index (κ2) is 10.1. The van der Waals surface area contributed by atoms with Crippen molar-refractivity contribution in [1.82, 2.24) is 5.32 Å². The van der Waals surface area contributed by atoms with Crippen LogP contribution in [0.1, 0.15) is 21.5 Å². The smallest absolute Gasteiger partial charge is 0.349 e. The summed E-state index contributed by atoms with van der Waals surface area (Å²) in [5.74, 6) is -0.796. The largest absolute Gasteiger partial charge is 0.448 e. The van der Waals surface area contributed by atoms with Crippen LogP contribution >= 0.6 is 22.7 Å². The normalized spacial score (nSPS) is 14.8. The molecular formula is C23H24N2O4S2. The molecule has 0 spiro atoms. The molecule has 1 unspecified atom stereocenters. The molecule has 1 atom stereocenters. The van der Waals surface area contributed by atoms with Crippen LogP contribution in [0.15, 0.2) is 53.9 Å². The summed E-state index contributed by atoms with van der Waals surface area (Å²) >= 11 is 2.97. The quantitative estimate of drug-likeness (QED) is 0.541. The zero-order valence-electron chi connectivity index (χ0n) is 17.2. The Bertz CT molecular complexity index is 1010. The second-order valence-electron chi connectivity index (χ2n) is 7.14. The number of carbonyl (C=O) groups excluding carboxylic acids is 2. The fraction of sp³-hybridized carbons (Fsp3) is 0.304. The van der Waals surface area contributed by atoms with Gasteiger partial charge in [-0.1, -0.05) is 36.4 Å². The number of ether oxygens (including phenoxy) is 2. The molecule has 2 aromatic heterocycles. The highest BCUT2D eigenvalue weighted by molar-refractivity contribution is 7.18. The highest BCUT2D eigenvalue weighted by atomic mass is 32.1. The lowest BCUT2D eigenvalue weighted by atomic mass is 10.1. The van der Waals surface area contributed by atoms with Crippen LogP contribution in [0.2, 0.25) is 0 Å². The summed E-state index contributed by atoms with van der Waals surface area (Å²) in [7, 11) is 0. The summed E-state index contributed by atoms with van der Waals surface area (Å²) in [5, 5.41) is 5.79. The van der Waals surface area contributed by atoms with Crippen molar-refractivity contribution in [2.75, 3.05) is 31.2 Å². The van der Waals surface area contributed by atoms with E-state index in [2.05, 4.69) is 10.2 Å². The number of hydrogen-bond acceptors (Lipinski definition) is 7. The monoisotopic (exact) mass is 456 g/mol. The third-order valence-electron chi connectivity index (χ3n) is 4.97. The maximum atomic E-state index is 12.8. The third-order valence-corrected chi connectivity index (χ3v) is 7.02. The predicted molar refractivity (Wildman–Crippen MR) is 124 cm³/mol. The molecule has 3 aromatic rings. The Morgan fingerprint density at radius 3 is 2.65 bits per heavy atom. The van der Waals surface area contributed by atoms with Gasteiger partial charge in [0.15, 0.2) is 6.10 Å². The highest BCUT2D eigenvalue weighted by Crippen LogP contribution is 2.39. The average Bonchev–Trinajstić information content (AvgIpc) is 3.49. The minimum absolute atomic E-state index is 0.310. The number of nitrogens with zero attached hydrogens (tertiary/aromatic N) is 1. The van der Waals surface area contributed by atoms with E-state index in [9.17, 15) is 9.59 Å². The van der Waals surface area contributed by atoms with Gasteiger partial charge in [0.25, 0.3) is 5.91 Å². The number of hydrogen-bond donors (Lipinski definition) is 1. The molecule has 1 aromatic carbocycles. The van der Waals surface area contributed by atoms with Gasteiger partial charge in [-0.05, 0) is 30.0 Å². The first-order valence-electron chi connectivity index (χ1n) is 10.1. The molecule has 1 N–H and O–H groups in total. The minimum Gasteiger partial charge on any atom is -0.448 e. The van der Waals surface area contributed by atoms with Crippen LogP contribution in [0.3, 0.4) is 0 Å². The molecule has 1 amide bonds. The molecule has 31 heavy (non-hydrogen) atoms. The van der Waals surface area contributed by atoms with Gasteiger partial charge in [0, 0.05) is 23.5 Å². The maximum Gasteiger partial charge on any atom is 0.349 e. The van der Waals surface area contributed by atoms with E-state index < -0.39 is 12.1 Å². The Balaban J connectivity index is 1.48. The van der Waals surface area contributed by atoms with Crippen molar-refractivity contribution in [1.29, 1.82) is 0 Å². The second-order valence-corrected chi connectivity index (χ2v) is 9.20. The molecule has 1 fully saturated rings. The van der Waals surface area contributed by atoms with Gasteiger partial charge in [0.1, 0.15) is 4.88 Å². The summed E-state index contributed by atoms with van der Waals surface area (Å²) < 4.78 is 11.0. The highest BCUT2D eigenvalue weighted by Gasteiger charge is 2.25. The Morgan fingerprint density at radius 2 is 1.94 bits per heavy atom. The molecule has 0 aliphatic carbocycles. The lowest BCUT2D eigenvalue weighted by molar-refractivity contribution is -0.129. The van der Waals surface area contributed by atoms with Crippen molar-refractivity contribution in [2.24, 2.45) is 0 Å². The van der Waals surface area contributed by atoms with Crippen molar-refractivity contribution in [3.8, 4) is 11.1 Å². The number of amides is 1. The van der Waals surface area contributed by atoms with Crippen molar-refractivity contribution >= 4 is 39.6 Å². The molecule has 0 saturated carbocycles. The van der Waals surface area contributed by atoms with Gasteiger partial charge in [-0.15, -0.1) is 22.7 Å². The van der Waals surface area contributed by atoms with Gasteiger partial charge in [0.2, 0.25) is 0 Å². The summed E-state index contributed by atoms with van der Waals surface area (Å²) in [6.07, 6.45) is -0.874. The molecule has 0 radical (unpaired) electrons. The molecule has 1 aliphatic heterocycles. The Hall–Kier alpha value is -2.68. The first-order valence-corrected chi connectivity index (χ1v) is 11.8. The van der Waals surface area contributed by atoms with Gasteiger partial charge >= 0.3 is 5.97 Å². The number of anilines is 1. The van der Waals surface area contributed by atoms with Crippen molar-refractivity contribution in [3.63, 3.8) is 0 Å². The van der Waals surface area contributed by atoms with Gasteiger partial charge in [-0.25, -0.2) is 4.79 Å². The molecule has 4 rings (SSSR count). The summed E-state index contributed by atoms with van der Waals surface area (Å²) in [5.41, 5.74) is 2.04. The molecular weight excluding hydrogens is 432 g/mol. The van der Waals surface area contributed by atoms with Crippen LogP contribution < -0.4 is 10.2 Å². The fourth-order valence-corrected chi connectivity index (χ4v) is 5.07. The molecule has 1 saturated heterocycles. The van der Waals surface area contributed by atoms with Crippen molar-refractivity contribution < 1.29 is 19.1 Å². The van der Waals surface area contributed by atoms with E-state index in [1.165, 1.54) is 11.3 Å². The average molecular weight is 457 g/mol. The van der Waals surface area contributed by atoms with E-state index in [-0.39, 0.29) is 5.91 Å².